The van der Waals surface area contributed by atoms with Crippen molar-refractivity contribution in [2.24, 2.45) is 11.8 Å². The van der Waals surface area contributed by atoms with Gasteiger partial charge in [0.25, 0.3) is 0 Å². The van der Waals surface area contributed by atoms with Crippen LogP contribution >= 0.6 is 0 Å². The van der Waals surface area contributed by atoms with Crippen molar-refractivity contribution in [3.63, 3.8) is 0 Å². The van der Waals surface area contributed by atoms with Crippen molar-refractivity contribution in [3.05, 3.63) is 34.9 Å². The van der Waals surface area contributed by atoms with Crippen LogP contribution in [-0.2, 0) is 16.1 Å². The molecule has 4 heteroatoms. The van der Waals surface area contributed by atoms with Crippen molar-refractivity contribution in [3.8, 4) is 0 Å². The molecule has 1 fully saturated rings. The molecule has 0 unspecified atom stereocenters. The summed E-state index contributed by atoms with van der Waals surface area (Å²) < 4.78 is 0. The number of hydrogen-bond donors (Lipinski definition) is 1. The fraction of sp³-hybridized carbons (Fsp3) is 0.556. The lowest BCUT2D eigenvalue weighted by molar-refractivity contribution is -0.145. The first kappa shape index (κ1) is 16.5. The summed E-state index contributed by atoms with van der Waals surface area (Å²) in [4.78, 5) is 25.3. The molecule has 0 spiro atoms. The first-order valence-electron chi connectivity index (χ1n) is 7.92. The van der Waals surface area contributed by atoms with Gasteiger partial charge in [-0.3, -0.25) is 9.59 Å². The molecule has 0 aliphatic heterocycles. The van der Waals surface area contributed by atoms with Crippen molar-refractivity contribution in [1.29, 1.82) is 0 Å². The van der Waals surface area contributed by atoms with Gasteiger partial charge in [0.15, 0.2) is 0 Å². The monoisotopic (exact) mass is 303 g/mol. The van der Waals surface area contributed by atoms with E-state index in [-0.39, 0.29) is 17.7 Å². The number of carboxylic acids is 1. The standard InChI is InChI=1S/C18H25NO3/c1-12-4-5-13(2)16(10-12)11-19(3)17(20)14-6-8-15(9-7-14)18(21)22/h4-5,10,14-15H,6-9,11H2,1-3H3,(H,21,22). The number of hydrogen-bond acceptors (Lipinski definition) is 2. The SMILES string of the molecule is Cc1ccc(C)c(CN(C)C(=O)C2CCC(C(=O)O)CC2)c1. The Morgan fingerprint density at radius 3 is 2.32 bits per heavy atom. The summed E-state index contributed by atoms with van der Waals surface area (Å²) in [5.41, 5.74) is 3.57. The van der Waals surface area contributed by atoms with Gasteiger partial charge in [0.05, 0.1) is 5.92 Å². The predicted molar refractivity (Wildman–Crippen MR) is 85.5 cm³/mol. The van der Waals surface area contributed by atoms with Gasteiger partial charge in [-0.05, 0) is 50.7 Å². The molecule has 0 radical (unpaired) electrons. The van der Waals surface area contributed by atoms with Crippen LogP contribution in [0.2, 0.25) is 0 Å². The van der Waals surface area contributed by atoms with Crippen molar-refractivity contribution in [1.82, 2.24) is 4.90 Å². The van der Waals surface area contributed by atoms with Gasteiger partial charge in [-0.2, -0.15) is 0 Å². The summed E-state index contributed by atoms with van der Waals surface area (Å²) >= 11 is 0. The van der Waals surface area contributed by atoms with Gasteiger partial charge >= 0.3 is 5.97 Å². The molecule has 0 atom stereocenters. The van der Waals surface area contributed by atoms with Crippen LogP contribution in [-0.4, -0.2) is 28.9 Å². The number of carbonyl (C=O) groups excluding carboxylic acids is 1. The highest BCUT2D eigenvalue weighted by molar-refractivity contribution is 5.79. The zero-order valence-corrected chi connectivity index (χ0v) is 13.6. The minimum absolute atomic E-state index is 0.0225. The molecule has 1 aromatic carbocycles. The third kappa shape index (κ3) is 3.87. The average molecular weight is 303 g/mol. The maximum atomic E-state index is 12.6. The Balaban J connectivity index is 1.95. The molecule has 0 saturated heterocycles. The lowest BCUT2D eigenvalue weighted by atomic mass is 9.81. The lowest BCUT2D eigenvalue weighted by Crippen LogP contribution is -2.35. The largest absolute Gasteiger partial charge is 0.481 e. The van der Waals surface area contributed by atoms with E-state index in [4.69, 9.17) is 5.11 Å². The molecule has 1 amide bonds. The molecule has 1 aliphatic rings. The quantitative estimate of drug-likeness (QED) is 0.929. The minimum atomic E-state index is -0.727. The van der Waals surface area contributed by atoms with Gasteiger partial charge in [0.1, 0.15) is 0 Å². The fourth-order valence-electron chi connectivity index (χ4n) is 3.20. The molecule has 1 aromatic rings. The normalized spacial score (nSPS) is 21.4. The minimum Gasteiger partial charge on any atom is -0.481 e. The number of carboxylic acid groups (broad SMARTS) is 1. The van der Waals surface area contributed by atoms with Crippen molar-refractivity contribution >= 4 is 11.9 Å². The second-order valence-corrected chi connectivity index (χ2v) is 6.51. The zero-order valence-electron chi connectivity index (χ0n) is 13.6. The van der Waals surface area contributed by atoms with Gasteiger partial charge in [0, 0.05) is 19.5 Å². The molecule has 4 nitrogen and oxygen atoms in total. The van der Waals surface area contributed by atoms with Crippen LogP contribution in [0, 0.1) is 25.7 Å². The van der Waals surface area contributed by atoms with Crippen LogP contribution in [0.1, 0.15) is 42.4 Å². The summed E-state index contributed by atoms with van der Waals surface area (Å²) in [5.74, 6) is -0.876. The molecule has 1 N–H and O–H groups in total. The van der Waals surface area contributed by atoms with Crippen molar-refractivity contribution in [2.45, 2.75) is 46.1 Å². The summed E-state index contributed by atoms with van der Waals surface area (Å²) in [7, 11) is 1.84. The molecule has 1 saturated carbocycles. The van der Waals surface area contributed by atoms with Crippen LogP contribution in [0.5, 0.6) is 0 Å². The average Bonchev–Trinajstić information content (AvgIpc) is 2.50. The second-order valence-electron chi connectivity index (χ2n) is 6.51. The van der Waals surface area contributed by atoms with Gasteiger partial charge in [-0.25, -0.2) is 0 Å². The first-order valence-corrected chi connectivity index (χ1v) is 7.92. The molecular weight excluding hydrogens is 278 g/mol. The van der Waals surface area contributed by atoms with Crippen molar-refractivity contribution in [2.75, 3.05) is 7.05 Å². The molecule has 120 valence electrons. The Morgan fingerprint density at radius 1 is 1.14 bits per heavy atom. The van der Waals surface area contributed by atoms with E-state index in [1.54, 1.807) is 4.90 Å². The number of benzene rings is 1. The number of carbonyl (C=O) groups is 2. The molecule has 0 heterocycles. The van der Waals surface area contributed by atoms with E-state index in [1.807, 2.05) is 7.05 Å². The Hall–Kier alpha value is -1.84. The summed E-state index contributed by atoms with van der Waals surface area (Å²) in [6.45, 7) is 4.73. The lowest BCUT2D eigenvalue weighted by Gasteiger charge is -2.29. The molecule has 22 heavy (non-hydrogen) atoms. The Labute approximate surface area is 132 Å². The van der Waals surface area contributed by atoms with Gasteiger partial charge in [0.2, 0.25) is 5.91 Å². The number of aliphatic carboxylic acids is 1. The van der Waals surface area contributed by atoms with E-state index in [2.05, 4.69) is 32.0 Å². The third-order valence-corrected chi connectivity index (χ3v) is 4.71. The maximum absolute atomic E-state index is 12.6. The van der Waals surface area contributed by atoms with Crippen LogP contribution in [0.4, 0.5) is 0 Å². The number of rotatable bonds is 4. The number of amides is 1. The summed E-state index contributed by atoms with van der Waals surface area (Å²) in [6, 6.07) is 6.29. The van der Waals surface area contributed by atoms with E-state index < -0.39 is 5.97 Å². The highest BCUT2D eigenvalue weighted by Gasteiger charge is 2.31. The van der Waals surface area contributed by atoms with E-state index in [0.717, 1.165) is 0 Å². The number of aryl methyl sites for hydroxylation is 2. The number of nitrogens with zero attached hydrogens (tertiary/aromatic N) is 1. The Morgan fingerprint density at radius 2 is 1.73 bits per heavy atom. The highest BCUT2D eigenvalue weighted by Crippen LogP contribution is 2.30. The third-order valence-electron chi connectivity index (χ3n) is 4.71. The van der Waals surface area contributed by atoms with Gasteiger partial charge < -0.3 is 10.0 Å². The summed E-state index contributed by atoms with van der Waals surface area (Å²) in [6.07, 6.45) is 2.60. The van der Waals surface area contributed by atoms with E-state index in [1.165, 1.54) is 16.7 Å². The van der Waals surface area contributed by atoms with Gasteiger partial charge in [-0.15, -0.1) is 0 Å². The van der Waals surface area contributed by atoms with Crippen molar-refractivity contribution < 1.29 is 14.7 Å². The zero-order chi connectivity index (χ0) is 16.3. The smallest absolute Gasteiger partial charge is 0.306 e. The maximum Gasteiger partial charge on any atom is 0.306 e. The second kappa shape index (κ2) is 6.95. The van der Waals surface area contributed by atoms with Crippen LogP contribution < -0.4 is 0 Å². The summed E-state index contributed by atoms with van der Waals surface area (Å²) in [5, 5.41) is 9.03. The molecule has 2 rings (SSSR count). The molecule has 0 bridgehead atoms. The predicted octanol–water partition coefficient (Wildman–Crippen LogP) is 3.15. The van der Waals surface area contributed by atoms with Crippen LogP contribution in [0.25, 0.3) is 0 Å². The van der Waals surface area contributed by atoms with E-state index >= 15 is 0 Å². The highest BCUT2D eigenvalue weighted by atomic mass is 16.4. The van der Waals surface area contributed by atoms with E-state index in [0.29, 0.717) is 32.2 Å². The Kier molecular flexibility index (Phi) is 5.22. The van der Waals surface area contributed by atoms with E-state index in [9.17, 15) is 9.59 Å². The molecular formula is C18H25NO3. The van der Waals surface area contributed by atoms with Crippen LogP contribution in [0.3, 0.4) is 0 Å². The molecule has 1 aliphatic carbocycles. The molecule has 0 aromatic heterocycles. The topological polar surface area (TPSA) is 57.6 Å². The van der Waals surface area contributed by atoms with Crippen LogP contribution in [0.15, 0.2) is 18.2 Å². The van der Waals surface area contributed by atoms with Gasteiger partial charge in [-0.1, -0.05) is 23.8 Å². The first-order chi connectivity index (χ1) is 10.4. The Bertz CT molecular complexity index is 559. The fourth-order valence-corrected chi connectivity index (χ4v) is 3.20.